The summed E-state index contributed by atoms with van der Waals surface area (Å²) in [6, 6.07) is 0. The Hall–Kier alpha value is -0.530. The molecule has 1 aliphatic rings. The zero-order valence-electron chi connectivity index (χ0n) is 16.9. The zero-order valence-corrected chi connectivity index (χ0v) is 16.9. The molecule has 6 nitrogen and oxygen atoms in total. The number of carbonyl (C=O) groups excluding carboxylic acids is 1. The summed E-state index contributed by atoms with van der Waals surface area (Å²) in [6.07, 6.45) is 10.5. The topological polar surface area (TPSA) is 107 Å². The van der Waals surface area contributed by atoms with E-state index in [4.69, 9.17) is 9.84 Å². The van der Waals surface area contributed by atoms with Crippen LogP contribution in [0.15, 0.2) is 0 Å². The van der Waals surface area contributed by atoms with E-state index < -0.39 is 30.7 Å². The SMILES string of the molecule is CCCCCCCCCCCCCCC(=O)C[C@]1(O)O[C@H](CO)[C@H](O)[C@H]1O. The molecule has 0 bridgehead atoms. The minimum atomic E-state index is -2.10. The Bertz CT molecular complexity index is 402. The Morgan fingerprint density at radius 3 is 1.81 bits per heavy atom. The van der Waals surface area contributed by atoms with Gasteiger partial charge in [-0.3, -0.25) is 4.79 Å². The van der Waals surface area contributed by atoms with Crippen LogP contribution in [-0.4, -0.2) is 56.9 Å². The van der Waals surface area contributed by atoms with Crippen molar-refractivity contribution >= 4 is 5.78 Å². The molecule has 0 saturated carbocycles. The maximum absolute atomic E-state index is 12.0. The van der Waals surface area contributed by atoms with Crippen molar-refractivity contribution in [1.82, 2.24) is 0 Å². The fraction of sp³-hybridized carbons (Fsp3) is 0.952. The third-order valence-electron chi connectivity index (χ3n) is 5.46. The third-order valence-corrected chi connectivity index (χ3v) is 5.46. The quantitative estimate of drug-likeness (QED) is 0.303. The van der Waals surface area contributed by atoms with E-state index in [0.717, 1.165) is 19.3 Å². The van der Waals surface area contributed by atoms with Gasteiger partial charge in [0.15, 0.2) is 0 Å². The van der Waals surface area contributed by atoms with Crippen LogP contribution in [-0.2, 0) is 9.53 Å². The van der Waals surface area contributed by atoms with E-state index in [9.17, 15) is 20.1 Å². The average molecular weight is 389 g/mol. The lowest BCUT2D eigenvalue weighted by atomic mass is 9.97. The number of aliphatic hydroxyl groups is 4. The molecule has 6 heteroatoms. The maximum atomic E-state index is 12.0. The molecule has 0 radical (unpaired) electrons. The van der Waals surface area contributed by atoms with Gasteiger partial charge >= 0.3 is 0 Å². The number of ether oxygens (including phenoxy) is 1. The van der Waals surface area contributed by atoms with Gasteiger partial charge in [-0.2, -0.15) is 0 Å². The molecule has 27 heavy (non-hydrogen) atoms. The lowest BCUT2D eigenvalue weighted by Crippen LogP contribution is -2.44. The second kappa shape index (κ2) is 13.6. The Morgan fingerprint density at radius 1 is 0.889 bits per heavy atom. The highest BCUT2D eigenvalue weighted by Gasteiger charge is 2.53. The molecule has 1 aliphatic heterocycles. The van der Waals surface area contributed by atoms with Gasteiger partial charge < -0.3 is 25.2 Å². The molecule has 4 atom stereocenters. The van der Waals surface area contributed by atoms with Gasteiger partial charge in [-0.05, 0) is 6.42 Å². The van der Waals surface area contributed by atoms with Gasteiger partial charge in [0, 0.05) is 6.42 Å². The van der Waals surface area contributed by atoms with Crippen molar-refractivity contribution in [3.05, 3.63) is 0 Å². The van der Waals surface area contributed by atoms with E-state index in [2.05, 4.69) is 6.92 Å². The molecule has 0 aliphatic carbocycles. The molecule has 160 valence electrons. The zero-order chi connectivity index (χ0) is 20.1. The number of rotatable bonds is 16. The van der Waals surface area contributed by atoms with Crippen molar-refractivity contribution in [3.63, 3.8) is 0 Å². The highest BCUT2D eigenvalue weighted by atomic mass is 16.7. The van der Waals surface area contributed by atoms with Crippen LogP contribution in [0.3, 0.4) is 0 Å². The second-order valence-electron chi connectivity index (χ2n) is 7.97. The molecule has 1 heterocycles. The van der Waals surface area contributed by atoms with Crippen molar-refractivity contribution in [2.75, 3.05) is 6.61 Å². The molecular weight excluding hydrogens is 348 g/mol. The molecule has 0 unspecified atom stereocenters. The predicted molar refractivity (Wildman–Crippen MR) is 104 cm³/mol. The fourth-order valence-electron chi connectivity index (χ4n) is 3.70. The monoisotopic (exact) mass is 388 g/mol. The van der Waals surface area contributed by atoms with Crippen molar-refractivity contribution in [2.45, 2.75) is 121 Å². The van der Waals surface area contributed by atoms with Crippen LogP contribution < -0.4 is 0 Å². The molecule has 4 N–H and O–H groups in total. The standard InChI is InChI=1S/C21H40O6/c1-2-3-4-5-6-7-8-9-10-11-12-13-14-17(23)15-21(26)20(25)19(24)18(16-22)27-21/h18-20,22,24-26H,2-16H2,1H3/t18-,19+,20-,21+/m1/s1. The van der Waals surface area contributed by atoms with E-state index in [0.29, 0.717) is 6.42 Å². The fourth-order valence-corrected chi connectivity index (χ4v) is 3.70. The number of aliphatic hydroxyl groups excluding tert-OH is 3. The largest absolute Gasteiger partial charge is 0.394 e. The van der Waals surface area contributed by atoms with Crippen LogP contribution in [0.4, 0.5) is 0 Å². The smallest absolute Gasteiger partial charge is 0.202 e. The number of hydrogen-bond donors (Lipinski definition) is 4. The Kier molecular flexibility index (Phi) is 12.4. The third kappa shape index (κ3) is 9.01. The summed E-state index contributed by atoms with van der Waals surface area (Å²) >= 11 is 0. The van der Waals surface area contributed by atoms with Gasteiger partial charge in [0.1, 0.15) is 24.1 Å². The number of carbonyl (C=O) groups is 1. The van der Waals surface area contributed by atoms with E-state index in [1.807, 2.05) is 0 Å². The lowest BCUT2D eigenvalue weighted by Gasteiger charge is -2.25. The number of Topliss-reactive ketones (excluding diaryl/α,β-unsaturated/α-hetero) is 1. The van der Waals surface area contributed by atoms with E-state index in [1.165, 1.54) is 57.8 Å². The van der Waals surface area contributed by atoms with Crippen molar-refractivity contribution < 1.29 is 30.0 Å². The first-order valence-corrected chi connectivity index (χ1v) is 10.8. The number of ketones is 1. The number of unbranched alkanes of at least 4 members (excludes halogenated alkanes) is 11. The highest BCUT2D eigenvalue weighted by molar-refractivity contribution is 5.79. The molecular formula is C21H40O6. The van der Waals surface area contributed by atoms with Crippen LogP contribution in [0.1, 0.15) is 96.8 Å². The molecule has 0 amide bonds. The molecule has 1 saturated heterocycles. The first-order valence-electron chi connectivity index (χ1n) is 10.8. The summed E-state index contributed by atoms with van der Waals surface area (Å²) in [5.74, 6) is -2.30. The van der Waals surface area contributed by atoms with E-state index >= 15 is 0 Å². The van der Waals surface area contributed by atoms with Crippen LogP contribution in [0.5, 0.6) is 0 Å². The Balaban J connectivity index is 2.02. The average Bonchev–Trinajstić information content (AvgIpc) is 2.86. The van der Waals surface area contributed by atoms with Crippen LogP contribution in [0.25, 0.3) is 0 Å². The minimum absolute atomic E-state index is 0.200. The summed E-state index contributed by atoms with van der Waals surface area (Å²) in [7, 11) is 0. The summed E-state index contributed by atoms with van der Waals surface area (Å²) in [4.78, 5) is 12.0. The normalized spacial score (nSPS) is 28.0. The first-order chi connectivity index (χ1) is 12.9. The van der Waals surface area contributed by atoms with Gasteiger partial charge in [-0.15, -0.1) is 0 Å². The summed E-state index contributed by atoms with van der Waals surface area (Å²) in [5.41, 5.74) is 0. The number of hydrogen-bond acceptors (Lipinski definition) is 6. The van der Waals surface area contributed by atoms with Gasteiger partial charge in [-0.1, -0.05) is 77.6 Å². The molecule has 1 fully saturated rings. The van der Waals surface area contributed by atoms with Crippen molar-refractivity contribution in [2.24, 2.45) is 0 Å². The molecule has 0 aromatic carbocycles. The molecule has 1 rings (SSSR count). The van der Waals surface area contributed by atoms with E-state index in [-0.39, 0.29) is 12.2 Å². The Morgan fingerprint density at radius 2 is 1.37 bits per heavy atom. The maximum Gasteiger partial charge on any atom is 0.202 e. The minimum Gasteiger partial charge on any atom is -0.394 e. The van der Waals surface area contributed by atoms with Crippen LogP contribution in [0, 0.1) is 0 Å². The van der Waals surface area contributed by atoms with Gasteiger partial charge in [0.2, 0.25) is 5.79 Å². The second-order valence-corrected chi connectivity index (χ2v) is 7.97. The molecule has 0 spiro atoms. The van der Waals surface area contributed by atoms with E-state index in [1.54, 1.807) is 0 Å². The molecule has 0 aromatic rings. The summed E-state index contributed by atoms with van der Waals surface area (Å²) in [5, 5.41) is 38.8. The van der Waals surface area contributed by atoms with Crippen LogP contribution >= 0.6 is 0 Å². The lowest BCUT2D eigenvalue weighted by molar-refractivity contribution is -0.231. The summed E-state index contributed by atoms with van der Waals surface area (Å²) in [6.45, 7) is 1.71. The Labute approximate surface area is 163 Å². The van der Waals surface area contributed by atoms with Crippen molar-refractivity contribution in [3.8, 4) is 0 Å². The molecule has 0 aromatic heterocycles. The van der Waals surface area contributed by atoms with Gasteiger partial charge in [-0.25, -0.2) is 0 Å². The highest BCUT2D eigenvalue weighted by Crippen LogP contribution is 2.32. The van der Waals surface area contributed by atoms with Gasteiger partial charge in [0.05, 0.1) is 13.0 Å². The van der Waals surface area contributed by atoms with Gasteiger partial charge in [0.25, 0.3) is 0 Å². The first kappa shape index (κ1) is 24.5. The van der Waals surface area contributed by atoms with Crippen molar-refractivity contribution in [1.29, 1.82) is 0 Å². The predicted octanol–water partition coefficient (Wildman–Crippen LogP) is 2.84. The van der Waals surface area contributed by atoms with Crippen LogP contribution in [0.2, 0.25) is 0 Å². The summed E-state index contributed by atoms with van der Waals surface area (Å²) < 4.78 is 5.09.